The summed E-state index contributed by atoms with van der Waals surface area (Å²) in [6.07, 6.45) is 2.67. The molecule has 1 aliphatic rings. The molecule has 2 rings (SSSR count). The number of amides is 1. The van der Waals surface area contributed by atoms with Gasteiger partial charge in [0.15, 0.2) is 0 Å². The van der Waals surface area contributed by atoms with Crippen molar-refractivity contribution < 1.29 is 4.79 Å². The molecule has 1 saturated heterocycles. The van der Waals surface area contributed by atoms with Crippen molar-refractivity contribution in [3.63, 3.8) is 0 Å². The van der Waals surface area contributed by atoms with E-state index in [1.165, 1.54) is 24.6 Å². The average Bonchev–Trinajstić information content (AvgIpc) is 3.09. The van der Waals surface area contributed by atoms with E-state index >= 15 is 0 Å². The van der Waals surface area contributed by atoms with Crippen LogP contribution in [0.2, 0.25) is 0 Å². The maximum atomic E-state index is 12.6. The van der Waals surface area contributed by atoms with Gasteiger partial charge in [-0.15, -0.1) is 0 Å². The second-order valence-corrected chi connectivity index (χ2v) is 7.15. The number of nitriles is 1. The number of carbonyl (C=O) groups excluding carboxylic acids is 1. The van der Waals surface area contributed by atoms with E-state index < -0.39 is 0 Å². The highest BCUT2D eigenvalue weighted by Crippen LogP contribution is 2.20. The first-order valence-electron chi connectivity index (χ1n) is 7.77. The van der Waals surface area contributed by atoms with Crippen LogP contribution in [0.1, 0.15) is 24.8 Å². The van der Waals surface area contributed by atoms with Crippen molar-refractivity contribution in [3.8, 4) is 6.07 Å². The zero-order valence-corrected chi connectivity index (χ0v) is 15.0. The highest BCUT2D eigenvalue weighted by atomic mass is 32.2. The number of anilines is 1. The fraction of sp³-hybridized carbons (Fsp3) is 0.471. The molecule has 0 radical (unpaired) electrons. The normalized spacial score (nSPS) is 13.7. The number of nitrogens with zero attached hydrogens (tertiary/aromatic N) is 3. The van der Waals surface area contributed by atoms with Gasteiger partial charge in [0.2, 0.25) is 5.91 Å². The maximum absolute atomic E-state index is 12.6. The van der Waals surface area contributed by atoms with Crippen LogP contribution in [-0.2, 0) is 4.79 Å². The minimum atomic E-state index is -0.00403. The first kappa shape index (κ1) is 17.8. The van der Waals surface area contributed by atoms with Crippen LogP contribution in [0, 0.1) is 18.3 Å². The minimum absolute atomic E-state index is 0.00403. The van der Waals surface area contributed by atoms with Crippen molar-refractivity contribution in [1.82, 2.24) is 4.90 Å². The lowest BCUT2D eigenvalue weighted by Crippen LogP contribution is -2.34. The Kier molecular flexibility index (Phi) is 6.87. The lowest BCUT2D eigenvalue weighted by atomic mass is 10.2. The van der Waals surface area contributed by atoms with Gasteiger partial charge in [-0.3, -0.25) is 4.79 Å². The number of thiocarbonyl (C=S) groups is 1. The van der Waals surface area contributed by atoms with Crippen LogP contribution in [0.4, 0.5) is 5.69 Å². The summed E-state index contributed by atoms with van der Waals surface area (Å²) in [4.78, 5) is 16.4. The van der Waals surface area contributed by atoms with Crippen LogP contribution in [0.3, 0.4) is 0 Å². The molecular weight excluding hydrogens is 326 g/mol. The molecule has 0 bridgehead atoms. The predicted molar refractivity (Wildman–Crippen MR) is 99.6 cm³/mol. The minimum Gasteiger partial charge on any atom is -0.358 e. The Balaban J connectivity index is 1.97. The molecule has 0 aliphatic carbocycles. The van der Waals surface area contributed by atoms with Crippen LogP contribution in [-0.4, -0.2) is 40.5 Å². The molecule has 1 aromatic rings. The van der Waals surface area contributed by atoms with Crippen molar-refractivity contribution in [2.24, 2.45) is 0 Å². The summed E-state index contributed by atoms with van der Waals surface area (Å²) in [6, 6.07) is 9.91. The topological polar surface area (TPSA) is 47.3 Å². The first-order chi connectivity index (χ1) is 11.1. The third kappa shape index (κ3) is 5.22. The molecule has 1 fully saturated rings. The second kappa shape index (κ2) is 8.90. The van der Waals surface area contributed by atoms with E-state index in [-0.39, 0.29) is 5.91 Å². The van der Waals surface area contributed by atoms with Gasteiger partial charge < -0.3 is 9.80 Å². The van der Waals surface area contributed by atoms with Gasteiger partial charge in [-0.1, -0.05) is 41.7 Å². The quantitative estimate of drug-likeness (QED) is 0.765. The SMILES string of the molecule is Cc1ccc(N(CCC#N)C(=O)CSC(=S)N2CCCC2)cc1. The Morgan fingerprint density at radius 3 is 2.61 bits per heavy atom. The predicted octanol–water partition coefficient (Wildman–Crippen LogP) is 3.36. The Morgan fingerprint density at radius 1 is 1.35 bits per heavy atom. The number of hydrogen-bond donors (Lipinski definition) is 0. The fourth-order valence-electron chi connectivity index (χ4n) is 2.48. The van der Waals surface area contributed by atoms with Gasteiger partial charge in [-0.25, -0.2) is 0 Å². The number of rotatable bonds is 5. The van der Waals surface area contributed by atoms with Crippen LogP contribution >= 0.6 is 24.0 Å². The Hall–Kier alpha value is -1.58. The lowest BCUT2D eigenvalue weighted by Gasteiger charge is -2.23. The molecule has 23 heavy (non-hydrogen) atoms. The molecule has 1 amide bonds. The third-order valence-corrected chi connectivity index (χ3v) is 5.29. The molecule has 4 nitrogen and oxygen atoms in total. The van der Waals surface area contributed by atoms with Crippen molar-refractivity contribution >= 4 is 39.9 Å². The van der Waals surface area contributed by atoms with Gasteiger partial charge in [-0.2, -0.15) is 5.26 Å². The summed E-state index contributed by atoms with van der Waals surface area (Å²) in [5, 5.41) is 8.83. The van der Waals surface area contributed by atoms with E-state index in [1.807, 2.05) is 31.2 Å². The number of benzene rings is 1. The van der Waals surface area contributed by atoms with Crippen molar-refractivity contribution in [2.75, 3.05) is 30.3 Å². The Morgan fingerprint density at radius 2 is 2.00 bits per heavy atom. The molecule has 1 heterocycles. The molecule has 1 aliphatic heterocycles. The summed E-state index contributed by atoms with van der Waals surface area (Å²) < 4.78 is 0.806. The van der Waals surface area contributed by atoms with E-state index in [4.69, 9.17) is 17.5 Å². The van der Waals surface area contributed by atoms with Gasteiger partial charge in [0.25, 0.3) is 0 Å². The lowest BCUT2D eigenvalue weighted by molar-refractivity contribution is -0.116. The molecule has 1 aromatic carbocycles. The van der Waals surface area contributed by atoms with Crippen LogP contribution in [0.15, 0.2) is 24.3 Å². The Bertz CT molecular complexity index is 589. The van der Waals surface area contributed by atoms with Gasteiger partial charge >= 0.3 is 0 Å². The highest BCUT2D eigenvalue weighted by Gasteiger charge is 2.19. The second-order valence-electron chi connectivity index (χ2n) is 5.54. The third-order valence-electron chi connectivity index (χ3n) is 3.78. The Labute approximate surface area is 147 Å². The zero-order chi connectivity index (χ0) is 16.7. The number of likely N-dealkylation sites (tertiary alicyclic amines) is 1. The molecule has 0 spiro atoms. The molecule has 0 unspecified atom stereocenters. The number of carbonyl (C=O) groups is 1. The van der Waals surface area contributed by atoms with Crippen LogP contribution in [0.5, 0.6) is 0 Å². The molecule has 122 valence electrons. The molecule has 0 N–H and O–H groups in total. The summed E-state index contributed by atoms with van der Waals surface area (Å²) in [5.74, 6) is 0.310. The van der Waals surface area contributed by atoms with E-state index in [9.17, 15) is 4.79 Å². The zero-order valence-electron chi connectivity index (χ0n) is 13.3. The van der Waals surface area contributed by atoms with Gasteiger partial charge in [0, 0.05) is 25.3 Å². The fourth-order valence-corrected chi connectivity index (χ4v) is 3.60. The van der Waals surface area contributed by atoms with Gasteiger partial charge in [0.05, 0.1) is 18.2 Å². The summed E-state index contributed by atoms with van der Waals surface area (Å²) >= 11 is 6.83. The van der Waals surface area contributed by atoms with E-state index in [1.54, 1.807) is 4.90 Å². The van der Waals surface area contributed by atoms with Crippen molar-refractivity contribution in [3.05, 3.63) is 29.8 Å². The standard InChI is InChI=1S/C17H21N3OS2/c1-14-5-7-15(8-6-14)20(12-4-9-18)16(21)13-23-17(22)19-10-2-3-11-19/h5-8H,2-4,10-13H2,1H3. The van der Waals surface area contributed by atoms with E-state index in [2.05, 4.69) is 11.0 Å². The van der Waals surface area contributed by atoms with Gasteiger partial charge in [-0.05, 0) is 31.9 Å². The number of thioether (sulfide) groups is 1. The molecular formula is C17H21N3OS2. The van der Waals surface area contributed by atoms with Crippen LogP contribution < -0.4 is 4.90 Å². The summed E-state index contributed by atoms with van der Waals surface area (Å²) in [5.41, 5.74) is 1.98. The first-order valence-corrected chi connectivity index (χ1v) is 9.17. The van der Waals surface area contributed by atoms with Gasteiger partial charge in [0.1, 0.15) is 4.32 Å². The molecule has 0 atom stereocenters. The summed E-state index contributed by atoms with van der Waals surface area (Å²) in [7, 11) is 0. The number of aryl methyl sites for hydroxylation is 1. The van der Waals surface area contributed by atoms with Crippen molar-refractivity contribution in [1.29, 1.82) is 5.26 Å². The summed E-state index contributed by atoms with van der Waals surface area (Å²) in [6.45, 7) is 4.41. The van der Waals surface area contributed by atoms with Crippen LogP contribution in [0.25, 0.3) is 0 Å². The van der Waals surface area contributed by atoms with Crippen molar-refractivity contribution in [2.45, 2.75) is 26.2 Å². The van der Waals surface area contributed by atoms with E-state index in [0.29, 0.717) is 18.7 Å². The molecule has 0 saturated carbocycles. The smallest absolute Gasteiger partial charge is 0.237 e. The monoisotopic (exact) mass is 347 g/mol. The average molecular weight is 348 g/mol. The maximum Gasteiger partial charge on any atom is 0.237 e. The highest BCUT2D eigenvalue weighted by molar-refractivity contribution is 8.23. The molecule has 6 heteroatoms. The molecule has 0 aromatic heterocycles. The number of hydrogen-bond acceptors (Lipinski definition) is 4. The van der Waals surface area contributed by atoms with E-state index in [0.717, 1.165) is 28.7 Å². The largest absolute Gasteiger partial charge is 0.358 e.